The summed E-state index contributed by atoms with van der Waals surface area (Å²) in [5, 5.41) is 6.72. The number of benzene rings is 2. The van der Waals surface area contributed by atoms with Gasteiger partial charge in [-0.25, -0.2) is 4.98 Å². The van der Waals surface area contributed by atoms with Gasteiger partial charge in [-0.2, -0.15) is 0 Å². The van der Waals surface area contributed by atoms with Gasteiger partial charge in [0.1, 0.15) is 17.3 Å². The normalized spacial score (nSPS) is 20.0. The highest BCUT2D eigenvalue weighted by Crippen LogP contribution is 2.39. The standard InChI is InChI=1S/C31H35ClN4O4/c1-19-25(7-4-8-28(19)40-3)31(38)35-23-14-20-6-5-13-36(27(20)15-23)29-12-10-22(18-33-29)30(37)34-17-21-9-11-24(39-2)16-26(21)32/h4,7-12,16,18,20,23,27H,5-6,13-15,17H2,1-3H3,(H,34,37)(H,35,38). The maximum absolute atomic E-state index is 13.1. The van der Waals surface area contributed by atoms with Gasteiger partial charge in [0.15, 0.2) is 0 Å². The molecule has 2 aliphatic rings. The zero-order chi connectivity index (χ0) is 28.2. The van der Waals surface area contributed by atoms with Crippen molar-refractivity contribution in [3.8, 4) is 11.5 Å². The smallest absolute Gasteiger partial charge is 0.253 e. The highest BCUT2D eigenvalue weighted by molar-refractivity contribution is 6.31. The summed E-state index contributed by atoms with van der Waals surface area (Å²) in [6, 6.07) is 15.1. The van der Waals surface area contributed by atoms with E-state index in [4.69, 9.17) is 21.1 Å². The molecular formula is C31H35ClN4O4. The maximum Gasteiger partial charge on any atom is 0.253 e. The van der Waals surface area contributed by atoms with Crippen LogP contribution < -0.4 is 25.0 Å². The van der Waals surface area contributed by atoms with E-state index in [1.807, 2.05) is 49.4 Å². The van der Waals surface area contributed by atoms with Crippen LogP contribution in [0.3, 0.4) is 0 Å². The average molecular weight is 563 g/mol. The third-order valence-corrected chi connectivity index (χ3v) is 8.47. The summed E-state index contributed by atoms with van der Waals surface area (Å²) in [5.41, 5.74) is 2.80. The number of aromatic nitrogens is 1. The molecule has 1 saturated carbocycles. The number of carbonyl (C=O) groups excluding carboxylic acids is 2. The van der Waals surface area contributed by atoms with E-state index in [1.54, 1.807) is 26.5 Å². The molecule has 1 aliphatic heterocycles. The number of pyridine rings is 1. The molecule has 8 nitrogen and oxygen atoms in total. The molecule has 2 fully saturated rings. The third kappa shape index (κ3) is 5.87. The lowest BCUT2D eigenvalue weighted by molar-refractivity contribution is 0.0932. The van der Waals surface area contributed by atoms with Gasteiger partial charge < -0.3 is 25.0 Å². The Morgan fingerprint density at radius 1 is 1.07 bits per heavy atom. The van der Waals surface area contributed by atoms with Crippen LogP contribution in [0, 0.1) is 12.8 Å². The number of amides is 2. The molecule has 3 unspecified atom stereocenters. The second kappa shape index (κ2) is 12.2. The number of fused-ring (bicyclic) bond motifs is 1. The topological polar surface area (TPSA) is 92.8 Å². The molecule has 3 atom stereocenters. The van der Waals surface area contributed by atoms with E-state index in [0.29, 0.717) is 46.2 Å². The first-order chi connectivity index (χ1) is 19.4. The van der Waals surface area contributed by atoms with Crippen molar-refractivity contribution in [1.82, 2.24) is 15.6 Å². The molecule has 40 heavy (non-hydrogen) atoms. The van der Waals surface area contributed by atoms with Crippen LogP contribution in [0.5, 0.6) is 11.5 Å². The number of anilines is 1. The molecule has 0 spiro atoms. The van der Waals surface area contributed by atoms with Gasteiger partial charge in [0.05, 0.1) is 19.8 Å². The maximum atomic E-state index is 13.1. The molecule has 2 heterocycles. The Hall–Kier alpha value is -3.78. The van der Waals surface area contributed by atoms with Crippen molar-refractivity contribution in [3.63, 3.8) is 0 Å². The van der Waals surface area contributed by atoms with Crippen molar-refractivity contribution in [1.29, 1.82) is 0 Å². The number of carbonyl (C=O) groups is 2. The van der Waals surface area contributed by atoms with Gasteiger partial charge in [0, 0.05) is 47.5 Å². The molecular weight excluding hydrogens is 528 g/mol. The molecule has 5 rings (SSSR count). The van der Waals surface area contributed by atoms with E-state index in [-0.39, 0.29) is 17.9 Å². The van der Waals surface area contributed by atoms with Crippen LogP contribution in [0.1, 0.15) is 57.5 Å². The fraction of sp³-hybridized carbons (Fsp3) is 0.387. The predicted molar refractivity (Wildman–Crippen MR) is 155 cm³/mol. The first-order valence-electron chi connectivity index (χ1n) is 13.7. The second-order valence-corrected chi connectivity index (χ2v) is 10.9. The minimum absolute atomic E-state index is 0.0592. The summed E-state index contributed by atoms with van der Waals surface area (Å²) >= 11 is 6.30. The van der Waals surface area contributed by atoms with Gasteiger partial charge >= 0.3 is 0 Å². The highest BCUT2D eigenvalue weighted by Gasteiger charge is 2.41. The number of piperidine rings is 1. The third-order valence-electron chi connectivity index (χ3n) is 8.12. The van der Waals surface area contributed by atoms with Gasteiger partial charge in [-0.05, 0) is 80.5 Å². The number of hydrogen-bond acceptors (Lipinski definition) is 6. The monoisotopic (exact) mass is 562 g/mol. The number of halogens is 1. The summed E-state index contributed by atoms with van der Waals surface area (Å²) < 4.78 is 10.6. The molecule has 1 saturated heterocycles. The number of hydrogen-bond donors (Lipinski definition) is 2. The molecule has 2 N–H and O–H groups in total. The number of ether oxygens (including phenoxy) is 2. The van der Waals surface area contributed by atoms with Crippen LogP contribution in [0.4, 0.5) is 5.82 Å². The fourth-order valence-electron chi connectivity index (χ4n) is 6.00. The van der Waals surface area contributed by atoms with Crippen molar-refractivity contribution in [3.05, 3.63) is 82.0 Å². The van der Waals surface area contributed by atoms with Crippen LogP contribution in [-0.2, 0) is 6.54 Å². The van der Waals surface area contributed by atoms with Gasteiger partial charge in [0.25, 0.3) is 11.8 Å². The van der Waals surface area contributed by atoms with Crippen LogP contribution in [0.2, 0.25) is 5.02 Å². The molecule has 1 aromatic heterocycles. The van der Waals surface area contributed by atoms with E-state index in [1.165, 1.54) is 0 Å². The Labute approximate surface area is 240 Å². The van der Waals surface area contributed by atoms with Crippen molar-refractivity contribution in [2.75, 3.05) is 25.7 Å². The van der Waals surface area contributed by atoms with E-state index in [2.05, 4.69) is 20.5 Å². The van der Waals surface area contributed by atoms with Crippen molar-refractivity contribution in [2.45, 2.75) is 51.2 Å². The average Bonchev–Trinajstić information content (AvgIpc) is 3.39. The lowest BCUT2D eigenvalue weighted by Crippen LogP contribution is -2.43. The molecule has 9 heteroatoms. The van der Waals surface area contributed by atoms with Crippen LogP contribution in [0.25, 0.3) is 0 Å². The largest absolute Gasteiger partial charge is 0.497 e. The fourth-order valence-corrected chi connectivity index (χ4v) is 6.23. The summed E-state index contributed by atoms with van der Waals surface area (Å²) in [6.07, 6.45) is 5.66. The van der Waals surface area contributed by atoms with E-state index in [0.717, 1.165) is 49.2 Å². The number of methoxy groups -OCH3 is 2. The Morgan fingerprint density at radius 3 is 2.65 bits per heavy atom. The number of nitrogens with one attached hydrogen (secondary N) is 2. The molecule has 2 aromatic carbocycles. The number of nitrogens with zero attached hydrogens (tertiary/aromatic N) is 2. The lowest BCUT2D eigenvalue weighted by Gasteiger charge is -2.38. The molecule has 0 radical (unpaired) electrons. The van der Waals surface area contributed by atoms with E-state index < -0.39 is 0 Å². The van der Waals surface area contributed by atoms with Gasteiger partial charge in [0.2, 0.25) is 0 Å². The molecule has 0 bridgehead atoms. The van der Waals surface area contributed by atoms with Gasteiger partial charge in [-0.1, -0.05) is 23.7 Å². The minimum Gasteiger partial charge on any atom is -0.497 e. The molecule has 210 valence electrons. The summed E-state index contributed by atoms with van der Waals surface area (Å²) in [5.74, 6) is 2.47. The minimum atomic E-state index is -0.209. The first kappa shape index (κ1) is 27.8. The van der Waals surface area contributed by atoms with Crippen LogP contribution in [0.15, 0.2) is 54.7 Å². The molecule has 3 aromatic rings. The summed E-state index contributed by atoms with van der Waals surface area (Å²) in [4.78, 5) is 32.9. The lowest BCUT2D eigenvalue weighted by atomic mass is 9.92. The zero-order valence-corrected chi connectivity index (χ0v) is 23.8. The predicted octanol–water partition coefficient (Wildman–Crippen LogP) is 5.17. The van der Waals surface area contributed by atoms with E-state index >= 15 is 0 Å². The van der Waals surface area contributed by atoms with E-state index in [9.17, 15) is 9.59 Å². The molecule has 1 aliphatic carbocycles. The van der Waals surface area contributed by atoms with Crippen molar-refractivity contribution in [2.24, 2.45) is 5.92 Å². The Bertz CT molecular complexity index is 1380. The first-order valence-corrected chi connectivity index (χ1v) is 14.0. The van der Waals surface area contributed by atoms with Crippen molar-refractivity contribution < 1.29 is 19.1 Å². The van der Waals surface area contributed by atoms with Gasteiger partial charge in [-0.15, -0.1) is 0 Å². The summed E-state index contributed by atoms with van der Waals surface area (Å²) in [7, 11) is 3.20. The Morgan fingerprint density at radius 2 is 1.93 bits per heavy atom. The van der Waals surface area contributed by atoms with Gasteiger partial charge in [-0.3, -0.25) is 9.59 Å². The summed E-state index contributed by atoms with van der Waals surface area (Å²) in [6.45, 7) is 3.13. The number of rotatable bonds is 8. The SMILES string of the molecule is COc1ccc(CNC(=O)c2ccc(N3CCCC4CC(NC(=O)c5cccc(OC)c5C)CC43)nc2)c(Cl)c1. The van der Waals surface area contributed by atoms with Crippen LogP contribution >= 0.6 is 11.6 Å². The molecule has 2 amide bonds. The Kier molecular flexibility index (Phi) is 8.45. The Balaban J connectivity index is 1.20. The second-order valence-electron chi connectivity index (χ2n) is 10.5. The highest BCUT2D eigenvalue weighted by atomic mass is 35.5. The zero-order valence-electron chi connectivity index (χ0n) is 23.1. The van der Waals surface area contributed by atoms with Crippen molar-refractivity contribution >= 4 is 29.2 Å². The quantitative estimate of drug-likeness (QED) is 0.393. The van der Waals surface area contributed by atoms with Crippen LogP contribution in [-0.4, -0.2) is 49.6 Å².